The number of rotatable bonds is 6. The third kappa shape index (κ3) is 6.01. The Hall–Kier alpha value is -2.00. The van der Waals surface area contributed by atoms with Crippen LogP contribution < -0.4 is 0 Å². The van der Waals surface area contributed by atoms with Crippen LogP contribution >= 0.6 is 0 Å². The summed E-state index contributed by atoms with van der Waals surface area (Å²) in [5.41, 5.74) is -0.186. The molecule has 1 aromatic rings. The molecule has 0 aliphatic carbocycles. The van der Waals surface area contributed by atoms with Gasteiger partial charge in [-0.3, -0.25) is 19.4 Å². The second kappa shape index (κ2) is 10.9. The molecule has 168 valence electrons. The van der Waals surface area contributed by atoms with Gasteiger partial charge in [-0.1, -0.05) is 30.3 Å². The highest BCUT2D eigenvalue weighted by Gasteiger charge is 2.49. The second-order valence-corrected chi connectivity index (χ2v) is 8.64. The number of likely N-dealkylation sites (tertiary alicyclic amines) is 1. The molecule has 1 aromatic carbocycles. The van der Waals surface area contributed by atoms with Crippen LogP contribution in [-0.2, 0) is 20.7 Å². The first kappa shape index (κ1) is 24.3. The smallest absolute Gasteiger partial charge is 0.312 e. The monoisotopic (exact) mass is 422 g/mol. The van der Waals surface area contributed by atoms with Gasteiger partial charge in [0.25, 0.3) is 6.47 Å². The average Bonchev–Trinajstić information content (AvgIpc) is 2.72. The van der Waals surface area contributed by atoms with Crippen LogP contribution in [0.25, 0.3) is 0 Å². The maximum atomic E-state index is 12.1. The summed E-state index contributed by atoms with van der Waals surface area (Å²) in [6, 6.07) is 9.62. The summed E-state index contributed by atoms with van der Waals surface area (Å²) in [5.74, 6) is -0.897. The van der Waals surface area contributed by atoms with Crippen LogP contribution in [0.15, 0.2) is 30.3 Å². The quantitative estimate of drug-likeness (QED) is 0.586. The van der Waals surface area contributed by atoms with Crippen LogP contribution in [0.3, 0.4) is 0 Å². The minimum Gasteiger partial charge on any atom is -0.483 e. The zero-order valence-corrected chi connectivity index (χ0v) is 17.9. The van der Waals surface area contributed by atoms with E-state index in [1.807, 2.05) is 30.3 Å². The molecule has 0 unspecified atom stereocenters. The highest BCUT2D eigenvalue weighted by molar-refractivity contribution is 5.76. The fourth-order valence-electron chi connectivity index (χ4n) is 4.49. The average molecular weight is 423 g/mol. The van der Waals surface area contributed by atoms with Gasteiger partial charge in [-0.25, -0.2) is 0 Å². The number of aliphatic hydroxyl groups excluding tert-OH is 1. The molecule has 2 aliphatic rings. The lowest BCUT2D eigenvalue weighted by molar-refractivity contribution is -0.163. The van der Waals surface area contributed by atoms with E-state index in [0.717, 1.165) is 38.4 Å². The number of carbonyl (C=O) groups is 2. The van der Waals surface area contributed by atoms with Crippen LogP contribution in [0.2, 0.25) is 0 Å². The second-order valence-electron chi connectivity index (χ2n) is 8.64. The summed E-state index contributed by atoms with van der Waals surface area (Å²) < 4.78 is 5.45. The molecule has 0 bridgehead atoms. The zero-order chi connectivity index (χ0) is 22.2. The van der Waals surface area contributed by atoms with E-state index in [1.165, 1.54) is 0 Å². The van der Waals surface area contributed by atoms with Gasteiger partial charge < -0.3 is 20.1 Å². The fourth-order valence-corrected chi connectivity index (χ4v) is 4.49. The van der Waals surface area contributed by atoms with Crippen molar-refractivity contribution in [3.05, 3.63) is 35.9 Å². The number of benzene rings is 1. The fraction of sp³-hybridized carbons (Fsp3) is 0.636. The van der Waals surface area contributed by atoms with Crippen molar-refractivity contribution in [2.75, 3.05) is 45.9 Å². The molecule has 3 N–H and O–H groups in total. The van der Waals surface area contributed by atoms with Crippen molar-refractivity contribution < 1.29 is 29.6 Å². The molecule has 30 heavy (non-hydrogen) atoms. The number of piperidine rings is 1. The number of hydrogen-bond acceptors (Lipinski definition) is 6. The SMILES string of the molecule is CC(C)(CN1CC[C@](Cc2ccccc2)(C(=O)O)[C@@H](O)C1)N1CCOCC1.O=CO. The first-order valence-corrected chi connectivity index (χ1v) is 10.3. The third-order valence-corrected chi connectivity index (χ3v) is 6.21. The summed E-state index contributed by atoms with van der Waals surface area (Å²) in [6.45, 7) is 9.41. The molecule has 0 spiro atoms. The van der Waals surface area contributed by atoms with E-state index in [0.29, 0.717) is 25.9 Å². The minimum absolute atomic E-state index is 0.0356. The van der Waals surface area contributed by atoms with Crippen molar-refractivity contribution in [2.45, 2.75) is 38.3 Å². The highest BCUT2D eigenvalue weighted by Crippen LogP contribution is 2.36. The number of nitrogens with zero attached hydrogens (tertiary/aromatic N) is 2. The number of aliphatic hydroxyl groups is 1. The normalized spacial score (nSPS) is 25.8. The van der Waals surface area contributed by atoms with Gasteiger partial charge in [0.15, 0.2) is 0 Å². The molecule has 8 heteroatoms. The van der Waals surface area contributed by atoms with Gasteiger partial charge in [0.05, 0.1) is 19.3 Å². The molecule has 8 nitrogen and oxygen atoms in total. The molecular formula is C22H34N2O6. The minimum atomic E-state index is -1.11. The van der Waals surface area contributed by atoms with E-state index < -0.39 is 17.5 Å². The van der Waals surface area contributed by atoms with Crippen molar-refractivity contribution >= 4 is 12.4 Å². The van der Waals surface area contributed by atoms with Crippen LogP contribution in [0, 0.1) is 5.41 Å². The lowest BCUT2D eigenvalue weighted by Crippen LogP contribution is -2.61. The van der Waals surface area contributed by atoms with E-state index in [-0.39, 0.29) is 12.0 Å². The Morgan fingerprint density at radius 2 is 1.83 bits per heavy atom. The lowest BCUT2D eigenvalue weighted by Gasteiger charge is -2.48. The number of hydrogen-bond donors (Lipinski definition) is 3. The number of aliphatic carboxylic acids is 1. The van der Waals surface area contributed by atoms with Crippen molar-refractivity contribution in [3.63, 3.8) is 0 Å². The van der Waals surface area contributed by atoms with E-state index in [2.05, 4.69) is 23.6 Å². The number of morpholine rings is 1. The maximum absolute atomic E-state index is 12.1. The van der Waals surface area contributed by atoms with Crippen LogP contribution in [0.1, 0.15) is 25.8 Å². The number of carboxylic acids is 1. The molecule has 0 saturated carbocycles. The van der Waals surface area contributed by atoms with Crippen LogP contribution in [0.4, 0.5) is 0 Å². The molecule has 0 aromatic heterocycles. The van der Waals surface area contributed by atoms with E-state index in [1.54, 1.807) is 0 Å². The van der Waals surface area contributed by atoms with Gasteiger partial charge in [-0.15, -0.1) is 0 Å². The largest absolute Gasteiger partial charge is 0.483 e. The molecule has 2 heterocycles. The standard InChI is InChI=1S/C21H32N2O4.CH2O2/c1-20(2,23-10-12-27-13-11-23)16-22-9-8-21(19(25)26,18(24)15-22)14-17-6-4-3-5-7-17;2-1-3/h3-7,18,24H,8-16H2,1-2H3,(H,25,26);1H,(H,2,3)/t18-,21+;/m0./s1. The Morgan fingerprint density at radius 3 is 2.37 bits per heavy atom. The summed E-state index contributed by atoms with van der Waals surface area (Å²) in [4.78, 5) is 25.1. The third-order valence-electron chi connectivity index (χ3n) is 6.21. The van der Waals surface area contributed by atoms with E-state index in [4.69, 9.17) is 14.6 Å². The Morgan fingerprint density at radius 1 is 1.23 bits per heavy atom. The number of carboxylic acid groups (broad SMARTS) is 2. The van der Waals surface area contributed by atoms with Crippen LogP contribution in [-0.4, -0.2) is 95.1 Å². The maximum Gasteiger partial charge on any atom is 0.312 e. The molecule has 0 amide bonds. The summed E-state index contributed by atoms with van der Waals surface area (Å²) >= 11 is 0. The summed E-state index contributed by atoms with van der Waals surface area (Å²) in [7, 11) is 0. The Kier molecular flexibility index (Phi) is 8.78. The highest BCUT2D eigenvalue weighted by atomic mass is 16.5. The molecule has 2 fully saturated rings. The van der Waals surface area contributed by atoms with Crippen molar-refractivity contribution in [1.82, 2.24) is 9.80 Å². The van der Waals surface area contributed by atoms with Crippen molar-refractivity contribution in [1.29, 1.82) is 0 Å². The molecule has 2 atom stereocenters. The number of ether oxygens (including phenoxy) is 1. The topological polar surface area (TPSA) is 111 Å². The summed E-state index contributed by atoms with van der Waals surface area (Å²) in [5, 5.41) is 27.7. The predicted molar refractivity (Wildman–Crippen MR) is 112 cm³/mol. The van der Waals surface area contributed by atoms with Gasteiger partial charge in [0, 0.05) is 31.7 Å². The molecule has 2 saturated heterocycles. The number of β-amino-alcohol motifs (C(OH)–C–C–N with tert-alkyl or cyclic N) is 1. The van der Waals surface area contributed by atoms with Gasteiger partial charge in [-0.05, 0) is 38.8 Å². The van der Waals surface area contributed by atoms with Gasteiger partial charge >= 0.3 is 5.97 Å². The first-order chi connectivity index (χ1) is 14.2. The van der Waals surface area contributed by atoms with E-state index >= 15 is 0 Å². The Labute approximate surface area is 178 Å². The van der Waals surface area contributed by atoms with Crippen LogP contribution in [0.5, 0.6) is 0 Å². The molecule has 0 radical (unpaired) electrons. The zero-order valence-electron chi connectivity index (χ0n) is 17.9. The Balaban J connectivity index is 0.00000101. The first-order valence-electron chi connectivity index (χ1n) is 10.3. The predicted octanol–water partition coefficient (Wildman–Crippen LogP) is 1.18. The lowest BCUT2D eigenvalue weighted by atomic mass is 9.71. The van der Waals surface area contributed by atoms with Gasteiger partial charge in [-0.2, -0.15) is 0 Å². The summed E-state index contributed by atoms with van der Waals surface area (Å²) in [6.07, 6.45) is -0.0627. The van der Waals surface area contributed by atoms with Crippen molar-refractivity contribution in [2.24, 2.45) is 5.41 Å². The van der Waals surface area contributed by atoms with Crippen molar-refractivity contribution in [3.8, 4) is 0 Å². The van der Waals surface area contributed by atoms with Gasteiger partial charge in [0.2, 0.25) is 0 Å². The molecule has 3 rings (SSSR count). The molecule has 2 aliphatic heterocycles. The molecular weight excluding hydrogens is 388 g/mol. The van der Waals surface area contributed by atoms with Gasteiger partial charge in [0.1, 0.15) is 5.41 Å². The Bertz CT molecular complexity index is 677. The van der Waals surface area contributed by atoms with E-state index in [9.17, 15) is 15.0 Å².